The highest BCUT2D eigenvalue weighted by Gasteiger charge is 2.24. The first kappa shape index (κ1) is 13.2. The molecule has 4 nitrogen and oxygen atoms in total. The van der Waals surface area contributed by atoms with Crippen molar-refractivity contribution in [3.8, 4) is 0 Å². The summed E-state index contributed by atoms with van der Waals surface area (Å²) in [5.74, 6) is 0. The van der Waals surface area contributed by atoms with Gasteiger partial charge in [-0.05, 0) is 12.0 Å². The van der Waals surface area contributed by atoms with Crippen LogP contribution in [0.1, 0.15) is 24.9 Å². The van der Waals surface area contributed by atoms with Crippen molar-refractivity contribution in [2.45, 2.75) is 19.4 Å². The number of carbonyl (C=O) groups is 2. The molecule has 1 aromatic carbocycles. The lowest BCUT2D eigenvalue weighted by Crippen LogP contribution is -2.36. The number of methoxy groups -OCH3 is 1. The van der Waals surface area contributed by atoms with Gasteiger partial charge in [-0.3, -0.25) is 4.90 Å². The van der Waals surface area contributed by atoms with Crippen molar-refractivity contribution in [3.05, 3.63) is 35.9 Å². The molecule has 0 aliphatic heterocycles. The summed E-state index contributed by atoms with van der Waals surface area (Å²) in [5.41, 5.74) is 0.793. The Morgan fingerprint density at radius 2 is 2.06 bits per heavy atom. The average Bonchev–Trinajstić information content (AvgIpc) is 2.39. The van der Waals surface area contributed by atoms with E-state index in [4.69, 9.17) is 4.74 Å². The highest BCUT2D eigenvalue weighted by molar-refractivity contribution is 5.74. The lowest BCUT2D eigenvalue weighted by molar-refractivity contribution is -0.112. The molecule has 1 aromatic rings. The van der Waals surface area contributed by atoms with Crippen molar-refractivity contribution in [1.82, 2.24) is 4.90 Å². The Bertz CT molecular complexity index is 364. The number of aldehydes is 1. The summed E-state index contributed by atoms with van der Waals surface area (Å²) in [6.45, 7) is 2.44. The van der Waals surface area contributed by atoms with Gasteiger partial charge >= 0.3 is 6.09 Å². The lowest BCUT2D eigenvalue weighted by atomic mass is 10.1. The Morgan fingerprint density at radius 1 is 1.41 bits per heavy atom. The van der Waals surface area contributed by atoms with Crippen LogP contribution < -0.4 is 0 Å². The van der Waals surface area contributed by atoms with Crippen molar-refractivity contribution in [1.29, 1.82) is 0 Å². The molecule has 0 radical (unpaired) electrons. The highest BCUT2D eigenvalue weighted by atomic mass is 16.5. The van der Waals surface area contributed by atoms with Gasteiger partial charge < -0.3 is 9.53 Å². The van der Waals surface area contributed by atoms with Crippen LogP contribution in [0.15, 0.2) is 30.3 Å². The number of hydrogen-bond donors (Lipinski definition) is 0. The van der Waals surface area contributed by atoms with Gasteiger partial charge in [-0.25, -0.2) is 4.79 Å². The van der Waals surface area contributed by atoms with Crippen molar-refractivity contribution in [3.63, 3.8) is 0 Å². The molecule has 0 N–H and O–H groups in total. The Labute approximate surface area is 101 Å². The summed E-state index contributed by atoms with van der Waals surface area (Å²) in [6.07, 6.45) is 1.06. The Balaban J connectivity index is 2.97. The lowest BCUT2D eigenvalue weighted by Gasteiger charge is -2.26. The van der Waals surface area contributed by atoms with Gasteiger partial charge in [0.05, 0.1) is 7.11 Å². The Morgan fingerprint density at radius 3 is 2.53 bits per heavy atom. The summed E-state index contributed by atoms with van der Waals surface area (Å²) in [4.78, 5) is 24.2. The maximum absolute atomic E-state index is 11.6. The van der Waals surface area contributed by atoms with Crippen LogP contribution in [0.4, 0.5) is 4.79 Å². The SMILES string of the molecule is CCCN(C(=O)OC)C(C=O)c1ccccc1. The van der Waals surface area contributed by atoms with Crippen molar-refractivity contribution < 1.29 is 14.3 Å². The number of amides is 1. The fourth-order valence-electron chi connectivity index (χ4n) is 1.68. The van der Waals surface area contributed by atoms with E-state index >= 15 is 0 Å². The highest BCUT2D eigenvalue weighted by Crippen LogP contribution is 2.19. The molecule has 0 saturated carbocycles. The minimum atomic E-state index is -0.580. The van der Waals surface area contributed by atoms with Gasteiger partial charge in [0.15, 0.2) is 0 Å². The van der Waals surface area contributed by atoms with Crippen LogP contribution in [-0.4, -0.2) is 30.9 Å². The molecule has 0 heterocycles. The van der Waals surface area contributed by atoms with Crippen LogP contribution in [0.5, 0.6) is 0 Å². The third kappa shape index (κ3) is 3.31. The first-order chi connectivity index (χ1) is 8.24. The number of rotatable bonds is 5. The van der Waals surface area contributed by atoms with E-state index < -0.39 is 12.1 Å². The molecule has 1 unspecified atom stereocenters. The fraction of sp³-hybridized carbons (Fsp3) is 0.385. The Hall–Kier alpha value is -1.84. The van der Waals surface area contributed by atoms with E-state index in [1.807, 2.05) is 37.3 Å². The minimum absolute atomic E-state index is 0.479. The van der Waals surface area contributed by atoms with E-state index in [0.717, 1.165) is 18.3 Å². The minimum Gasteiger partial charge on any atom is -0.453 e. The second-order valence-corrected chi connectivity index (χ2v) is 3.66. The van der Waals surface area contributed by atoms with E-state index in [1.54, 1.807) is 0 Å². The van der Waals surface area contributed by atoms with Crippen LogP contribution in [0.25, 0.3) is 0 Å². The zero-order valence-electron chi connectivity index (χ0n) is 10.1. The molecule has 17 heavy (non-hydrogen) atoms. The monoisotopic (exact) mass is 235 g/mol. The molecular weight excluding hydrogens is 218 g/mol. The maximum atomic E-state index is 11.6. The topological polar surface area (TPSA) is 46.6 Å². The number of carbonyl (C=O) groups excluding carboxylic acids is 2. The molecule has 0 aromatic heterocycles. The predicted molar refractivity (Wildman–Crippen MR) is 64.6 cm³/mol. The molecule has 1 amide bonds. The number of benzene rings is 1. The van der Waals surface area contributed by atoms with Crippen LogP contribution in [-0.2, 0) is 9.53 Å². The third-order valence-corrected chi connectivity index (χ3v) is 2.48. The van der Waals surface area contributed by atoms with Crippen LogP contribution in [0.3, 0.4) is 0 Å². The molecule has 0 saturated heterocycles. The second kappa shape index (κ2) is 6.68. The molecule has 1 rings (SSSR count). The predicted octanol–water partition coefficient (Wildman–Crippen LogP) is 2.41. The Kier molecular flexibility index (Phi) is 5.20. The van der Waals surface area contributed by atoms with E-state index in [1.165, 1.54) is 12.0 Å². The van der Waals surface area contributed by atoms with Crippen LogP contribution in [0.2, 0.25) is 0 Å². The van der Waals surface area contributed by atoms with Gasteiger partial charge in [-0.1, -0.05) is 37.3 Å². The smallest absolute Gasteiger partial charge is 0.410 e. The molecular formula is C13H17NO3. The summed E-state index contributed by atoms with van der Waals surface area (Å²) in [5, 5.41) is 0. The third-order valence-electron chi connectivity index (χ3n) is 2.48. The fourth-order valence-corrected chi connectivity index (χ4v) is 1.68. The zero-order valence-corrected chi connectivity index (χ0v) is 10.1. The van der Waals surface area contributed by atoms with Crippen LogP contribution >= 0.6 is 0 Å². The van der Waals surface area contributed by atoms with Crippen LogP contribution in [0, 0.1) is 0 Å². The maximum Gasteiger partial charge on any atom is 0.410 e. The summed E-state index contributed by atoms with van der Waals surface area (Å²) in [6, 6.07) is 8.62. The molecule has 0 aliphatic rings. The van der Waals surface area contributed by atoms with E-state index in [-0.39, 0.29) is 0 Å². The number of hydrogen-bond acceptors (Lipinski definition) is 3. The van der Waals surface area contributed by atoms with E-state index in [9.17, 15) is 9.59 Å². The van der Waals surface area contributed by atoms with Crippen molar-refractivity contribution >= 4 is 12.4 Å². The molecule has 1 atom stereocenters. The molecule has 92 valence electrons. The first-order valence-electron chi connectivity index (χ1n) is 5.59. The quantitative estimate of drug-likeness (QED) is 0.736. The average molecular weight is 235 g/mol. The van der Waals surface area contributed by atoms with Gasteiger partial charge in [0, 0.05) is 6.54 Å². The summed E-state index contributed by atoms with van der Waals surface area (Å²) < 4.78 is 4.70. The van der Waals surface area contributed by atoms with Gasteiger partial charge in [-0.2, -0.15) is 0 Å². The van der Waals surface area contributed by atoms with Gasteiger partial charge in [0.2, 0.25) is 0 Å². The largest absolute Gasteiger partial charge is 0.453 e. The molecule has 0 aliphatic carbocycles. The standard InChI is InChI=1S/C13H17NO3/c1-3-9-14(13(16)17-2)12(10-15)11-7-5-4-6-8-11/h4-8,10,12H,3,9H2,1-2H3. The summed E-state index contributed by atoms with van der Waals surface area (Å²) in [7, 11) is 1.32. The number of nitrogens with zero attached hydrogens (tertiary/aromatic N) is 1. The normalized spacial score (nSPS) is 11.6. The molecule has 0 fully saturated rings. The molecule has 4 heteroatoms. The molecule has 0 spiro atoms. The summed E-state index contributed by atoms with van der Waals surface area (Å²) >= 11 is 0. The van der Waals surface area contributed by atoms with E-state index in [2.05, 4.69) is 0 Å². The van der Waals surface area contributed by atoms with Gasteiger partial charge in [0.25, 0.3) is 0 Å². The van der Waals surface area contributed by atoms with Gasteiger partial charge in [-0.15, -0.1) is 0 Å². The van der Waals surface area contributed by atoms with Crippen molar-refractivity contribution in [2.75, 3.05) is 13.7 Å². The van der Waals surface area contributed by atoms with Gasteiger partial charge in [0.1, 0.15) is 12.3 Å². The first-order valence-corrected chi connectivity index (χ1v) is 5.59. The van der Waals surface area contributed by atoms with E-state index in [0.29, 0.717) is 6.54 Å². The van der Waals surface area contributed by atoms with Crippen molar-refractivity contribution in [2.24, 2.45) is 0 Å². The zero-order chi connectivity index (χ0) is 12.7. The number of ether oxygens (including phenoxy) is 1. The second-order valence-electron chi connectivity index (χ2n) is 3.66. The molecule has 0 bridgehead atoms.